The number of aromatic nitrogens is 4. The molecule has 0 saturated carbocycles. The summed E-state index contributed by atoms with van der Waals surface area (Å²) in [5, 5.41) is 3.03. The van der Waals surface area contributed by atoms with E-state index in [2.05, 4.69) is 20.3 Å². The van der Waals surface area contributed by atoms with Crippen molar-refractivity contribution in [3.8, 4) is 0 Å². The van der Waals surface area contributed by atoms with Crippen molar-refractivity contribution in [2.45, 2.75) is 20.4 Å². The average molecular weight is 261 g/mol. The first-order valence-corrected chi connectivity index (χ1v) is 6.19. The van der Waals surface area contributed by atoms with Crippen LogP contribution in [-0.4, -0.2) is 26.1 Å². The molecule has 6 heteroatoms. The quantitative estimate of drug-likeness (QED) is 0.855. The van der Waals surface area contributed by atoms with Crippen LogP contribution >= 0.6 is 12.2 Å². The molecule has 0 bridgehead atoms. The number of aryl methyl sites for hydroxylation is 1. The fourth-order valence-corrected chi connectivity index (χ4v) is 1.75. The van der Waals surface area contributed by atoms with E-state index in [1.54, 1.807) is 12.5 Å². The summed E-state index contributed by atoms with van der Waals surface area (Å²) in [5.74, 6) is 0.566. The monoisotopic (exact) mass is 261 g/mol. The fourth-order valence-electron chi connectivity index (χ4n) is 1.55. The predicted octanol–water partition coefficient (Wildman–Crippen LogP) is 2.19. The predicted molar refractivity (Wildman–Crippen MR) is 73.1 cm³/mol. The Morgan fingerprint density at radius 2 is 2.22 bits per heavy atom. The van der Waals surface area contributed by atoms with Crippen LogP contribution in [0.25, 0.3) is 0 Å². The van der Waals surface area contributed by atoms with Crippen LogP contribution in [0.3, 0.4) is 0 Å². The van der Waals surface area contributed by atoms with Gasteiger partial charge >= 0.3 is 0 Å². The van der Waals surface area contributed by atoms with Gasteiger partial charge in [0.25, 0.3) is 0 Å². The van der Waals surface area contributed by atoms with Crippen molar-refractivity contribution in [2.75, 3.05) is 11.9 Å². The maximum atomic E-state index is 5.24. The third-order valence-corrected chi connectivity index (χ3v) is 2.87. The second kappa shape index (κ2) is 5.68. The fraction of sp³-hybridized carbons (Fsp3) is 0.333. The molecule has 0 fully saturated rings. The lowest BCUT2D eigenvalue weighted by molar-refractivity contribution is 0.705. The standard InChI is InChI=1S/C12H15N5S/c1-3-13-11-15-8-17(12(18)16-11)7-10-9(2)5-4-6-14-10/h4-6,8H,3,7H2,1-2H3,(H,13,16,18). The van der Waals surface area contributed by atoms with Crippen molar-refractivity contribution in [1.82, 2.24) is 19.5 Å². The van der Waals surface area contributed by atoms with Crippen LogP contribution in [0, 0.1) is 11.7 Å². The molecule has 2 heterocycles. The van der Waals surface area contributed by atoms with Gasteiger partial charge in [-0.25, -0.2) is 4.98 Å². The zero-order valence-corrected chi connectivity index (χ0v) is 11.2. The summed E-state index contributed by atoms with van der Waals surface area (Å²) in [6.07, 6.45) is 3.47. The molecule has 2 rings (SSSR count). The molecule has 0 spiro atoms. The number of pyridine rings is 1. The molecular weight excluding hydrogens is 246 g/mol. The molecule has 94 valence electrons. The van der Waals surface area contributed by atoms with Crippen LogP contribution in [0.4, 0.5) is 5.95 Å². The van der Waals surface area contributed by atoms with Crippen molar-refractivity contribution in [2.24, 2.45) is 0 Å². The smallest absolute Gasteiger partial charge is 0.226 e. The number of rotatable bonds is 4. The van der Waals surface area contributed by atoms with Crippen LogP contribution in [-0.2, 0) is 6.54 Å². The molecule has 0 aliphatic rings. The molecule has 1 N–H and O–H groups in total. The Morgan fingerprint density at radius 3 is 2.89 bits per heavy atom. The Balaban J connectivity index is 2.25. The van der Waals surface area contributed by atoms with Gasteiger partial charge in [0.15, 0.2) is 0 Å². The summed E-state index contributed by atoms with van der Waals surface area (Å²) in [4.78, 5) is 12.8. The molecule has 0 aliphatic heterocycles. The van der Waals surface area contributed by atoms with Crippen molar-refractivity contribution < 1.29 is 0 Å². The van der Waals surface area contributed by atoms with Gasteiger partial charge in [0.1, 0.15) is 6.33 Å². The van der Waals surface area contributed by atoms with E-state index in [0.29, 0.717) is 17.3 Å². The molecule has 0 atom stereocenters. The minimum atomic E-state index is 0.506. The Labute approximate surface area is 111 Å². The minimum absolute atomic E-state index is 0.506. The van der Waals surface area contributed by atoms with Gasteiger partial charge in [-0.15, -0.1) is 0 Å². The minimum Gasteiger partial charge on any atom is -0.354 e. The summed E-state index contributed by atoms with van der Waals surface area (Å²) in [6, 6.07) is 3.95. The lowest BCUT2D eigenvalue weighted by Gasteiger charge is -2.08. The highest BCUT2D eigenvalue weighted by Crippen LogP contribution is 2.06. The third-order valence-electron chi connectivity index (χ3n) is 2.54. The van der Waals surface area contributed by atoms with Gasteiger partial charge in [-0.1, -0.05) is 6.07 Å². The summed E-state index contributed by atoms with van der Waals surface area (Å²) in [6.45, 7) is 5.39. The Bertz CT molecular complexity index is 593. The van der Waals surface area contributed by atoms with Crippen molar-refractivity contribution in [1.29, 1.82) is 0 Å². The van der Waals surface area contributed by atoms with Gasteiger partial charge in [-0.05, 0) is 37.7 Å². The number of anilines is 1. The van der Waals surface area contributed by atoms with Crippen LogP contribution in [0.15, 0.2) is 24.7 Å². The molecule has 2 aromatic heterocycles. The van der Waals surface area contributed by atoms with Crippen LogP contribution in [0.5, 0.6) is 0 Å². The molecule has 0 amide bonds. The highest BCUT2D eigenvalue weighted by molar-refractivity contribution is 7.71. The SMILES string of the molecule is CCNc1ncn(Cc2ncccc2C)c(=S)n1. The second-order valence-electron chi connectivity index (χ2n) is 3.89. The highest BCUT2D eigenvalue weighted by Gasteiger charge is 2.02. The lowest BCUT2D eigenvalue weighted by Crippen LogP contribution is -2.10. The van der Waals surface area contributed by atoms with E-state index in [9.17, 15) is 0 Å². The maximum Gasteiger partial charge on any atom is 0.226 e. The maximum absolute atomic E-state index is 5.24. The molecule has 0 radical (unpaired) electrons. The summed E-state index contributed by atoms with van der Waals surface area (Å²) in [7, 11) is 0. The molecular formula is C12H15N5S. The Hall–Kier alpha value is -1.82. The molecule has 0 saturated heterocycles. The van der Waals surface area contributed by atoms with E-state index in [1.807, 2.05) is 30.5 Å². The molecule has 0 aliphatic carbocycles. The molecule has 18 heavy (non-hydrogen) atoms. The Kier molecular flexibility index (Phi) is 3.99. The topological polar surface area (TPSA) is 55.6 Å². The third kappa shape index (κ3) is 2.89. The van der Waals surface area contributed by atoms with Crippen molar-refractivity contribution in [3.63, 3.8) is 0 Å². The molecule has 0 unspecified atom stereocenters. The number of hydrogen-bond acceptors (Lipinski definition) is 5. The zero-order chi connectivity index (χ0) is 13.0. The molecule has 5 nitrogen and oxygen atoms in total. The van der Waals surface area contributed by atoms with E-state index in [1.165, 1.54) is 0 Å². The molecule has 2 aromatic rings. The normalized spacial score (nSPS) is 10.3. The summed E-state index contributed by atoms with van der Waals surface area (Å²) >= 11 is 5.24. The van der Waals surface area contributed by atoms with Crippen LogP contribution < -0.4 is 5.32 Å². The van der Waals surface area contributed by atoms with Gasteiger partial charge in [-0.2, -0.15) is 4.98 Å². The van der Waals surface area contributed by atoms with E-state index in [4.69, 9.17) is 12.2 Å². The van der Waals surface area contributed by atoms with Crippen LogP contribution in [0.1, 0.15) is 18.2 Å². The first-order valence-electron chi connectivity index (χ1n) is 5.78. The number of nitrogens with one attached hydrogen (secondary N) is 1. The lowest BCUT2D eigenvalue weighted by atomic mass is 10.2. The van der Waals surface area contributed by atoms with E-state index < -0.39 is 0 Å². The van der Waals surface area contributed by atoms with Gasteiger partial charge in [0.05, 0.1) is 12.2 Å². The van der Waals surface area contributed by atoms with Crippen molar-refractivity contribution >= 4 is 18.2 Å². The van der Waals surface area contributed by atoms with Gasteiger partial charge in [-0.3, -0.25) is 4.98 Å². The van der Waals surface area contributed by atoms with Crippen molar-refractivity contribution in [3.05, 3.63) is 40.7 Å². The number of hydrogen-bond donors (Lipinski definition) is 1. The van der Waals surface area contributed by atoms with Gasteiger partial charge in [0.2, 0.25) is 10.7 Å². The summed E-state index contributed by atoms with van der Waals surface area (Å²) in [5.41, 5.74) is 2.11. The highest BCUT2D eigenvalue weighted by atomic mass is 32.1. The average Bonchev–Trinajstić information content (AvgIpc) is 2.35. The van der Waals surface area contributed by atoms with E-state index in [0.717, 1.165) is 17.8 Å². The largest absolute Gasteiger partial charge is 0.354 e. The zero-order valence-electron chi connectivity index (χ0n) is 10.4. The van der Waals surface area contributed by atoms with Crippen LogP contribution in [0.2, 0.25) is 0 Å². The second-order valence-corrected chi connectivity index (χ2v) is 4.25. The van der Waals surface area contributed by atoms with E-state index in [-0.39, 0.29) is 0 Å². The van der Waals surface area contributed by atoms with E-state index >= 15 is 0 Å². The first-order chi connectivity index (χ1) is 8.70. The Morgan fingerprint density at radius 1 is 1.39 bits per heavy atom. The molecule has 0 aromatic carbocycles. The first kappa shape index (κ1) is 12.6. The van der Waals surface area contributed by atoms with Gasteiger partial charge in [0, 0.05) is 12.7 Å². The summed E-state index contributed by atoms with van der Waals surface area (Å²) < 4.78 is 2.32. The number of nitrogens with zero attached hydrogens (tertiary/aromatic N) is 4. The van der Waals surface area contributed by atoms with Gasteiger partial charge < -0.3 is 9.88 Å².